The Labute approximate surface area is 119 Å². The Kier molecular flexibility index (Phi) is 3.05. The fourth-order valence-corrected chi connectivity index (χ4v) is 2.56. The highest BCUT2D eigenvalue weighted by atomic mass is 79.9. The van der Waals surface area contributed by atoms with E-state index < -0.39 is 0 Å². The number of halogens is 1. The predicted octanol–water partition coefficient (Wildman–Crippen LogP) is 2.20. The summed E-state index contributed by atoms with van der Waals surface area (Å²) in [5, 5.41) is 0. The van der Waals surface area contributed by atoms with Gasteiger partial charge in [-0.3, -0.25) is 4.57 Å². The van der Waals surface area contributed by atoms with Crippen molar-refractivity contribution in [3.8, 4) is 0 Å². The molecule has 0 bridgehead atoms. The SMILES string of the molecule is Cc1nc(=O)n(Cc2cncn2C2CC2)c(C)c1Br. The summed E-state index contributed by atoms with van der Waals surface area (Å²) in [6, 6.07) is 0.565. The van der Waals surface area contributed by atoms with Crippen LogP contribution >= 0.6 is 15.9 Å². The van der Waals surface area contributed by atoms with Crippen molar-refractivity contribution in [2.24, 2.45) is 0 Å². The van der Waals surface area contributed by atoms with Gasteiger partial charge in [-0.15, -0.1) is 0 Å². The molecule has 100 valence electrons. The molecule has 19 heavy (non-hydrogen) atoms. The van der Waals surface area contributed by atoms with E-state index in [-0.39, 0.29) is 5.69 Å². The van der Waals surface area contributed by atoms with Crippen LogP contribution in [0, 0.1) is 13.8 Å². The van der Waals surface area contributed by atoms with Gasteiger partial charge in [-0.2, -0.15) is 4.98 Å². The highest BCUT2D eigenvalue weighted by Crippen LogP contribution is 2.35. The van der Waals surface area contributed by atoms with E-state index >= 15 is 0 Å². The summed E-state index contributed by atoms with van der Waals surface area (Å²) in [5.74, 6) is 0. The first-order valence-electron chi connectivity index (χ1n) is 6.32. The molecule has 6 heteroatoms. The van der Waals surface area contributed by atoms with Gasteiger partial charge in [0.05, 0.1) is 28.7 Å². The van der Waals surface area contributed by atoms with Crippen LogP contribution in [0.3, 0.4) is 0 Å². The zero-order valence-electron chi connectivity index (χ0n) is 10.9. The molecule has 0 atom stereocenters. The van der Waals surface area contributed by atoms with E-state index in [2.05, 4.69) is 30.5 Å². The first-order chi connectivity index (χ1) is 9.08. The van der Waals surface area contributed by atoms with Crippen LogP contribution in [0.1, 0.15) is 36.0 Å². The van der Waals surface area contributed by atoms with Gasteiger partial charge in [0, 0.05) is 17.9 Å². The van der Waals surface area contributed by atoms with Gasteiger partial charge in [-0.05, 0) is 42.6 Å². The molecular formula is C13H15BrN4O. The molecular weight excluding hydrogens is 308 g/mol. The van der Waals surface area contributed by atoms with Crippen LogP contribution in [0.4, 0.5) is 0 Å². The third kappa shape index (κ3) is 2.25. The fourth-order valence-electron chi connectivity index (χ4n) is 2.26. The van der Waals surface area contributed by atoms with Crippen LogP contribution in [0.5, 0.6) is 0 Å². The number of imidazole rings is 1. The molecule has 0 spiro atoms. The van der Waals surface area contributed by atoms with Crippen molar-refractivity contribution in [1.82, 2.24) is 19.1 Å². The summed E-state index contributed by atoms with van der Waals surface area (Å²) < 4.78 is 4.75. The Balaban J connectivity index is 2.01. The topological polar surface area (TPSA) is 52.7 Å². The smallest absolute Gasteiger partial charge is 0.330 e. The van der Waals surface area contributed by atoms with E-state index in [1.165, 1.54) is 12.8 Å². The van der Waals surface area contributed by atoms with Crippen molar-refractivity contribution in [3.05, 3.63) is 44.6 Å². The summed E-state index contributed by atoms with van der Waals surface area (Å²) in [7, 11) is 0. The van der Waals surface area contributed by atoms with Crippen molar-refractivity contribution in [3.63, 3.8) is 0 Å². The molecule has 2 aromatic heterocycles. The van der Waals surface area contributed by atoms with Crippen LogP contribution in [-0.4, -0.2) is 19.1 Å². The number of aryl methyl sites for hydroxylation is 1. The lowest BCUT2D eigenvalue weighted by Gasteiger charge is -2.13. The number of hydrogen-bond acceptors (Lipinski definition) is 3. The molecule has 5 nitrogen and oxygen atoms in total. The van der Waals surface area contributed by atoms with Gasteiger partial charge in [0.1, 0.15) is 0 Å². The zero-order valence-corrected chi connectivity index (χ0v) is 12.5. The maximum Gasteiger partial charge on any atom is 0.348 e. The fraction of sp³-hybridized carbons (Fsp3) is 0.462. The molecule has 1 aliphatic carbocycles. The molecule has 1 fully saturated rings. The normalized spacial score (nSPS) is 14.9. The summed E-state index contributed by atoms with van der Waals surface area (Å²) in [6.45, 7) is 4.28. The second-order valence-electron chi connectivity index (χ2n) is 4.99. The van der Waals surface area contributed by atoms with E-state index in [9.17, 15) is 4.79 Å². The largest absolute Gasteiger partial charge is 0.348 e. The Morgan fingerprint density at radius 1 is 1.42 bits per heavy atom. The summed E-state index contributed by atoms with van der Waals surface area (Å²) in [4.78, 5) is 20.3. The van der Waals surface area contributed by atoms with Crippen LogP contribution < -0.4 is 5.69 Å². The standard InChI is InChI=1S/C13H15BrN4O/c1-8-12(14)9(2)17(13(19)16-8)6-11-5-15-7-18(11)10-3-4-10/h5,7,10H,3-4,6H2,1-2H3. The Bertz CT molecular complexity index is 684. The number of rotatable bonds is 3. The van der Waals surface area contributed by atoms with Gasteiger partial charge >= 0.3 is 5.69 Å². The van der Waals surface area contributed by atoms with Crippen molar-refractivity contribution in [1.29, 1.82) is 0 Å². The molecule has 2 heterocycles. The van der Waals surface area contributed by atoms with Crippen LogP contribution in [0.15, 0.2) is 21.8 Å². The third-order valence-corrected chi connectivity index (χ3v) is 4.69. The minimum atomic E-state index is -0.207. The van der Waals surface area contributed by atoms with E-state index in [4.69, 9.17) is 0 Å². The van der Waals surface area contributed by atoms with Gasteiger partial charge in [-0.25, -0.2) is 9.78 Å². The molecule has 0 aromatic carbocycles. The molecule has 3 rings (SSSR count). The number of aromatic nitrogens is 4. The lowest BCUT2D eigenvalue weighted by Crippen LogP contribution is -2.27. The maximum absolute atomic E-state index is 12.0. The summed E-state index contributed by atoms with van der Waals surface area (Å²) >= 11 is 3.48. The molecule has 1 aliphatic rings. The first kappa shape index (κ1) is 12.6. The van der Waals surface area contributed by atoms with E-state index in [0.29, 0.717) is 12.6 Å². The average molecular weight is 323 g/mol. The van der Waals surface area contributed by atoms with Gasteiger partial charge in [0.15, 0.2) is 0 Å². The average Bonchev–Trinajstić information content (AvgIpc) is 3.12. The molecule has 1 saturated carbocycles. The minimum absolute atomic E-state index is 0.207. The zero-order chi connectivity index (χ0) is 13.6. The van der Waals surface area contributed by atoms with Crippen molar-refractivity contribution < 1.29 is 0 Å². The second-order valence-corrected chi connectivity index (χ2v) is 5.78. The molecule has 2 aromatic rings. The second kappa shape index (κ2) is 4.59. The van der Waals surface area contributed by atoms with Crippen LogP contribution in [0.2, 0.25) is 0 Å². The number of nitrogens with zero attached hydrogens (tertiary/aromatic N) is 4. The monoisotopic (exact) mass is 322 g/mol. The molecule has 0 saturated heterocycles. The highest BCUT2D eigenvalue weighted by molar-refractivity contribution is 9.10. The van der Waals surface area contributed by atoms with E-state index in [1.807, 2.05) is 26.4 Å². The Hall–Kier alpha value is -1.43. The van der Waals surface area contributed by atoms with Gasteiger partial charge in [0.25, 0.3) is 0 Å². The van der Waals surface area contributed by atoms with Crippen LogP contribution in [-0.2, 0) is 6.54 Å². The van der Waals surface area contributed by atoms with Crippen molar-refractivity contribution >= 4 is 15.9 Å². The highest BCUT2D eigenvalue weighted by Gasteiger charge is 2.25. The Morgan fingerprint density at radius 3 is 2.84 bits per heavy atom. The minimum Gasteiger partial charge on any atom is -0.330 e. The van der Waals surface area contributed by atoms with Gasteiger partial charge < -0.3 is 4.57 Å². The van der Waals surface area contributed by atoms with Crippen LogP contribution in [0.25, 0.3) is 0 Å². The Morgan fingerprint density at radius 2 is 2.16 bits per heavy atom. The molecule has 0 aliphatic heterocycles. The lowest BCUT2D eigenvalue weighted by molar-refractivity contribution is 0.620. The summed E-state index contributed by atoms with van der Waals surface area (Å²) in [5.41, 5.74) is 2.49. The maximum atomic E-state index is 12.0. The van der Waals surface area contributed by atoms with Crippen molar-refractivity contribution in [2.75, 3.05) is 0 Å². The predicted molar refractivity (Wildman–Crippen MR) is 75.3 cm³/mol. The molecule has 0 amide bonds. The first-order valence-corrected chi connectivity index (χ1v) is 7.11. The third-order valence-electron chi connectivity index (χ3n) is 3.54. The summed E-state index contributed by atoms with van der Waals surface area (Å²) in [6.07, 6.45) is 6.09. The van der Waals surface area contributed by atoms with Gasteiger partial charge in [-0.1, -0.05) is 0 Å². The number of hydrogen-bond donors (Lipinski definition) is 0. The van der Waals surface area contributed by atoms with E-state index in [1.54, 1.807) is 4.57 Å². The van der Waals surface area contributed by atoms with Gasteiger partial charge in [0.2, 0.25) is 0 Å². The van der Waals surface area contributed by atoms with E-state index in [0.717, 1.165) is 21.6 Å². The molecule has 0 N–H and O–H groups in total. The quantitative estimate of drug-likeness (QED) is 0.870. The molecule has 0 radical (unpaired) electrons. The lowest BCUT2D eigenvalue weighted by atomic mass is 10.3. The molecule has 0 unspecified atom stereocenters. The van der Waals surface area contributed by atoms with Crippen molar-refractivity contribution in [2.45, 2.75) is 39.3 Å².